The molecule has 0 aromatic heterocycles. The molecule has 3 N–H and O–H groups in total. The van der Waals surface area contributed by atoms with Crippen LogP contribution < -0.4 is 16.0 Å². The van der Waals surface area contributed by atoms with Gasteiger partial charge >= 0.3 is 6.03 Å². The third-order valence-electron chi connectivity index (χ3n) is 6.47. The number of aryl methyl sites for hydroxylation is 2. The number of anilines is 1. The molecule has 1 spiro atoms. The van der Waals surface area contributed by atoms with E-state index >= 15 is 0 Å². The molecule has 6 nitrogen and oxygen atoms in total. The third-order valence-corrected chi connectivity index (χ3v) is 8.64. The van der Waals surface area contributed by atoms with Gasteiger partial charge in [0, 0.05) is 41.1 Å². The van der Waals surface area contributed by atoms with Gasteiger partial charge in [0.25, 0.3) is 0 Å². The molecule has 34 heavy (non-hydrogen) atoms. The predicted octanol–water partition coefficient (Wildman–Crippen LogP) is 5.00. The van der Waals surface area contributed by atoms with Crippen molar-refractivity contribution in [2.75, 3.05) is 30.7 Å². The summed E-state index contributed by atoms with van der Waals surface area (Å²) < 4.78 is 0. The molecular weight excluding hydrogens is 491 g/mol. The molecule has 3 amide bonds. The number of thioether (sulfide) groups is 1. The average Bonchev–Trinajstić information content (AvgIpc) is 3.21. The van der Waals surface area contributed by atoms with Gasteiger partial charge in [-0.05, 0) is 62.4 Å². The first-order valence-corrected chi connectivity index (χ1v) is 13.3. The number of urea groups is 1. The minimum absolute atomic E-state index is 0.00415. The van der Waals surface area contributed by atoms with Crippen LogP contribution in [0.2, 0.25) is 10.0 Å². The molecule has 2 aliphatic heterocycles. The van der Waals surface area contributed by atoms with E-state index in [9.17, 15) is 9.59 Å². The van der Waals surface area contributed by atoms with E-state index in [0.717, 1.165) is 35.4 Å². The minimum atomic E-state index is -0.235. The lowest BCUT2D eigenvalue weighted by Crippen LogP contribution is -2.55. The van der Waals surface area contributed by atoms with Gasteiger partial charge in [-0.15, -0.1) is 11.8 Å². The van der Waals surface area contributed by atoms with E-state index in [-0.39, 0.29) is 22.9 Å². The highest BCUT2D eigenvalue weighted by Gasteiger charge is 2.44. The number of nitrogens with zero attached hydrogens (tertiary/aromatic N) is 1. The summed E-state index contributed by atoms with van der Waals surface area (Å²) in [4.78, 5) is 27.2. The zero-order valence-electron chi connectivity index (χ0n) is 19.4. The molecule has 182 valence electrons. The lowest BCUT2D eigenvalue weighted by molar-refractivity contribution is -0.122. The molecule has 2 heterocycles. The molecule has 0 bridgehead atoms. The van der Waals surface area contributed by atoms with Gasteiger partial charge in [-0.1, -0.05) is 47.0 Å². The van der Waals surface area contributed by atoms with Gasteiger partial charge in [-0.2, -0.15) is 0 Å². The third kappa shape index (κ3) is 6.00. The Hall–Kier alpha value is -1.93. The summed E-state index contributed by atoms with van der Waals surface area (Å²) in [6, 6.07) is 11.1. The Morgan fingerprint density at radius 3 is 2.62 bits per heavy atom. The van der Waals surface area contributed by atoms with Gasteiger partial charge in [0.05, 0.1) is 10.9 Å². The number of rotatable bonds is 5. The Morgan fingerprint density at radius 1 is 1.15 bits per heavy atom. The lowest BCUT2D eigenvalue weighted by atomic mass is 10.0. The van der Waals surface area contributed by atoms with Crippen LogP contribution in [0.3, 0.4) is 0 Å². The first-order chi connectivity index (χ1) is 16.2. The van der Waals surface area contributed by atoms with Crippen molar-refractivity contribution in [1.82, 2.24) is 15.5 Å². The molecule has 1 unspecified atom stereocenters. The molecule has 0 aliphatic carbocycles. The van der Waals surface area contributed by atoms with Gasteiger partial charge < -0.3 is 15.5 Å². The van der Waals surface area contributed by atoms with E-state index in [1.165, 1.54) is 5.56 Å². The largest absolute Gasteiger partial charge is 0.354 e. The highest BCUT2D eigenvalue weighted by Crippen LogP contribution is 2.39. The molecule has 2 fully saturated rings. The molecule has 0 saturated carbocycles. The lowest BCUT2D eigenvalue weighted by Gasteiger charge is -2.39. The quantitative estimate of drug-likeness (QED) is 0.518. The van der Waals surface area contributed by atoms with Gasteiger partial charge in [0.2, 0.25) is 5.91 Å². The van der Waals surface area contributed by atoms with Crippen LogP contribution in [0.5, 0.6) is 0 Å². The number of carbonyl (C=O) groups is 2. The number of benzene rings is 2. The molecular formula is C25H30Cl2N4O2S. The molecule has 2 aromatic carbocycles. The van der Waals surface area contributed by atoms with Crippen molar-refractivity contribution in [2.24, 2.45) is 0 Å². The van der Waals surface area contributed by atoms with E-state index in [1.54, 1.807) is 23.9 Å². The molecule has 2 saturated heterocycles. The number of halogens is 2. The maximum atomic E-state index is 12.8. The number of piperidine rings is 1. The van der Waals surface area contributed by atoms with Crippen molar-refractivity contribution in [2.45, 2.75) is 44.0 Å². The summed E-state index contributed by atoms with van der Waals surface area (Å²) in [5, 5.41) is 10.8. The van der Waals surface area contributed by atoms with Gasteiger partial charge in [0.1, 0.15) is 0 Å². The molecule has 1 atom stereocenters. The SMILES string of the molecule is Cc1ccc(NC(=O)N2CCC3(CC2)NC(C(=O)NCCc2ccc(Cl)cc2Cl)CS3)c(C)c1. The van der Waals surface area contributed by atoms with Crippen molar-refractivity contribution in [3.8, 4) is 0 Å². The summed E-state index contributed by atoms with van der Waals surface area (Å²) in [6.45, 7) is 5.86. The first-order valence-electron chi connectivity index (χ1n) is 11.5. The molecule has 2 aliphatic rings. The van der Waals surface area contributed by atoms with Crippen molar-refractivity contribution in [3.05, 3.63) is 63.1 Å². The number of amides is 3. The van der Waals surface area contributed by atoms with E-state index in [4.69, 9.17) is 23.2 Å². The van der Waals surface area contributed by atoms with Crippen LogP contribution in [-0.4, -0.2) is 53.1 Å². The summed E-state index contributed by atoms with van der Waals surface area (Å²) in [5.41, 5.74) is 4.04. The van der Waals surface area contributed by atoms with Crippen LogP contribution in [0.15, 0.2) is 36.4 Å². The zero-order valence-corrected chi connectivity index (χ0v) is 21.7. The maximum Gasteiger partial charge on any atom is 0.321 e. The average molecular weight is 522 g/mol. The monoisotopic (exact) mass is 520 g/mol. The standard InChI is InChI=1S/C25H30Cl2N4O2S/c1-16-3-6-21(17(2)13-16)29-24(33)31-11-8-25(9-12-31)30-22(15-34-25)23(32)28-10-7-18-4-5-19(26)14-20(18)27/h3-6,13-14,22,30H,7-12,15H2,1-2H3,(H,28,32)(H,29,33). The normalized spacial score (nSPS) is 19.3. The highest BCUT2D eigenvalue weighted by molar-refractivity contribution is 8.01. The minimum Gasteiger partial charge on any atom is -0.354 e. The Bertz CT molecular complexity index is 1070. The number of carbonyl (C=O) groups excluding carboxylic acids is 2. The predicted molar refractivity (Wildman–Crippen MR) is 141 cm³/mol. The van der Waals surface area contributed by atoms with Crippen LogP contribution in [0.4, 0.5) is 10.5 Å². The van der Waals surface area contributed by atoms with Crippen LogP contribution in [0, 0.1) is 13.8 Å². The molecule has 9 heteroatoms. The fourth-order valence-corrected chi connectivity index (χ4v) is 6.38. The maximum absolute atomic E-state index is 12.8. The van der Waals surface area contributed by atoms with Crippen molar-refractivity contribution < 1.29 is 9.59 Å². The van der Waals surface area contributed by atoms with Gasteiger partial charge in [-0.3, -0.25) is 10.1 Å². The number of nitrogens with one attached hydrogen (secondary N) is 3. The van der Waals surface area contributed by atoms with E-state index in [2.05, 4.69) is 22.0 Å². The Labute approximate surface area is 215 Å². The zero-order chi connectivity index (χ0) is 24.3. The second-order valence-corrected chi connectivity index (χ2v) is 11.3. The Morgan fingerprint density at radius 2 is 1.91 bits per heavy atom. The van der Waals surface area contributed by atoms with Gasteiger partial charge in [0.15, 0.2) is 0 Å². The topological polar surface area (TPSA) is 73.5 Å². The van der Waals surface area contributed by atoms with Crippen LogP contribution in [0.25, 0.3) is 0 Å². The van der Waals surface area contributed by atoms with Crippen LogP contribution in [-0.2, 0) is 11.2 Å². The smallest absolute Gasteiger partial charge is 0.321 e. The van der Waals surface area contributed by atoms with Gasteiger partial charge in [-0.25, -0.2) is 4.79 Å². The highest BCUT2D eigenvalue weighted by atomic mass is 35.5. The molecule has 2 aromatic rings. The number of hydrogen-bond donors (Lipinski definition) is 3. The number of likely N-dealkylation sites (tertiary alicyclic amines) is 1. The van der Waals surface area contributed by atoms with Crippen molar-refractivity contribution in [3.63, 3.8) is 0 Å². The van der Waals surface area contributed by atoms with E-state index in [1.807, 2.05) is 36.9 Å². The molecule has 0 radical (unpaired) electrons. The van der Waals surface area contributed by atoms with E-state index < -0.39 is 0 Å². The first kappa shape index (κ1) is 25.2. The second kappa shape index (κ2) is 10.8. The fourth-order valence-electron chi connectivity index (χ4n) is 4.46. The molecule has 4 rings (SSSR count). The Balaban J connectivity index is 1.23. The van der Waals surface area contributed by atoms with Crippen LogP contribution >= 0.6 is 35.0 Å². The second-order valence-electron chi connectivity index (χ2n) is 9.01. The fraction of sp³-hybridized carbons (Fsp3) is 0.440. The number of hydrogen-bond acceptors (Lipinski definition) is 4. The van der Waals surface area contributed by atoms with Crippen molar-refractivity contribution in [1.29, 1.82) is 0 Å². The Kier molecular flexibility index (Phi) is 7.97. The van der Waals surface area contributed by atoms with E-state index in [0.29, 0.717) is 36.1 Å². The van der Waals surface area contributed by atoms with Crippen molar-refractivity contribution >= 4 is 52.6 Å². The summed E-state index contributed by atoms with van der Waals surface area (Å²) in [7, 11) is 0. The van der Waals surface area contributed by atoms with Crippen LogP contribution in [0.1, 0.15) is 29.5 Å². The summed E-state index contributed by atoms with van der Waals surface area (Å²) >= 11 is 14.0. The summed E-state index contributed by atoms with van der Waals surface area (Å²) in [5.74, 6) is 0.729. The summed E-state index contributed by atoms with van der Waals surface area (Å²) in [6.07, 6.45) is 2.27.